The summed E-state index contributed by atoms with van der Waals surface area (Å²) in [5.74, 6) is 0.261. The Morgan fingerprint density at radius 2 is 2.14 bits per heavy atom. The first kappa shape index (κ1) is 14.5. The quantitative estimate of drug-likeness (QED) is 0.787. The highest BCUT2D eigenvalue weighted by molar-refractivity contribution is 7.10. The van der Waals surface area contributed by atoms with E-state index in [-0.39, 0.29) is 5.78 Å². The van der Waals surface area contributed by atoms with Gasteiger partial charge < -0.3 is 0 Å². The van der Waals surface area contributed by atoms with Gasteiger partial charge in [-0.2, -0.15) is 0 Å². The molecule has 3 rings (SSSR count). The van der Waals surface area contributed by atoms with Crippen molar-refractivity contribution < 1.29 is 4.79 Å². The van der Waals surface area contributed by atoms with E-state index in [1.807, 2.05) is 42.5 Å². The van der Waals surface area contributed by atoms with E-state index < -0.39 is 0 Å². The van der Waals surface area contributed by atoms with Crippen molar-refractivity contribution in [1.82, 2.24) is 4.90 Å². The van der Waals surface area contributed by atoms with Crippen LogP contribution in [0.3, 0.4) is 0 Å². The summed E-state index contributed by atoms with van der Waals surface area (Å²) < 4.78 is 0. The smallest absolute Gasteiger partial charge is 0.164 e. The molecule has 0 spiro atoms. The van der Waals surface area contributed by atoms with Crippen LogP contribution in [0.25, 0.3) is 0 Å². The van der Waals surface area contributed by atoms with Crippen molar-refractivity contribution in [3.8, 4) is 0 Å². The first-order valence-electron chi connectivity index (χ1n) is 7.56. The second-order valence-electron chi connectivity index (χ2n) is 5.75. The molecule has 0 bridgehead atoms. The summed E-state index contributed by atoms with van der Waals surface area (Å²) in [6.45, 7) is 6.18. The molecule has 0 amide bonds. The van der Waals surface area contributed by atoms with Gasteiger partial charge in [0, 0.05) is 36.0 Å². The lowest BCUT2D eigenvalue weighted by Gasteiger charge is -2.33. The van der Waals surface area contributed by atoms with Crippen molar-refractivity contribution in [1.29, 1.82) is 0 Å². The van der Waals surface area contributed by atoms with Crippen molar-refractivity contribution in [2.24, 2.45) is 0 Å². The molecule has 0 radical (unpaired) electrons. The number of carbonyl (C=O) groups excluding carboxylic acids is 1. The Balaban J connectivity index is 1.64. The van der Waals surface area contributed by atoms with Gasteiger partial charge in [0.2, 0.25) is 0 Å². The molecule has 0 fully saturated rings. The van der Waals surface area contributed by atoms with E-state index in [4.69, 9.17) is 0 Å². The lowest BCUT2D eigenvalue weighted by molar-refractivity contribution is 0.0949. The summed E-state index contributed by atoms with van der Waals surface area (Å²) in [6.07, 6.45) is 1.73. The fraction of sp³-hybridized carbons (Fsp3) is 0.389. The van der Waals surface area contributed by atoms with Crippen molar-refractivity contribution in [3.63, 3.8) is 0 Å². The molecule has 110 valence electrons. The second kappa shape index (κ2) is 6.12. The zero-order valence-corrected chi connectivity index (χ0v) is 13.5. The van der Waals surface area contributed by atoms with Gasteiger partial charge in [-0.15, -0.1) is 11.3 Å². The average molecular weight is 299 g/mol. The molecule has 21 heavy (non-hydrogen) atoms. The molecule has 1 aliphatic heterocycles. The number of thiophene rings is 1. The minimum atomic E-state index is 0.261. The molecule has 1 aliphatic rings. The lowest BCUT2D eigenvalue weighted by atomic mass is 9.99. The fourth-order valence-corrected chi connectivity index (χ4v) is 4.10. The van der Waals surface area contributed by atoms with E-state index in [2.05, 4.69) is 23.3 Å². The molecule has 2 aromatic rings. The summed E-state index contributed by atoms with van der Waals surface area (Å²) in [5, 5.41) is 2.18. The van der Waals surface area contributed by atoms with Crippen molar-refractivity contribution in [2.75, 3.05) is 13.1 Å². The molecule has 1 unspecified atom stereocenters. The minimum Gasteiger partial charge on any atom is -0.296 e. The highest BCUT2D eigenvalue weighted by atomic mass is 32.1. The summed E-state index contributed by atoms with van der Waals surface area (Å²) in [6, 6.07) is 10.5. The zero-order chi connectivity index (χ0) is 14.8. The number of hydrogen-bond donors (Lipinski definition) is 0. The van der Waals surface area contributed by atoms with Crippen molar-refractivity contribution in [3.05, 3.63) is 57.3 Å². The Kier molecular flexibility index (Phi) is 4.22. The zero-order valence-electron chi connectivity index (χ0n) is 12.6. The summed E-state index contributed by atoms with van der Waals surface area (Å²) in [7, 11) is 0. The van der Waals surface area contributed by atoms with Crippen LogP contribution in [-0.2, 0) is 6.42 Å². The first-order chi connectivity index (χ1) is 10.2. The molecule has 2 nitrogen and oxygen atoms in total. The standard InChI is InChI=1S/C18H21NOS/c1-13-5-3-4-6-15(13)17(20)7-10-19-11-8-18-16(14(19)2)9-12-21-18/h3-6,9,12,14H,7-8,10-11H2,1-2H3. The Morgan fingerprint density at radius 3 is 2.95 bits per heavy atom. The van der Waals surface area contributed by atoms with Crippen LogP contribution in [0.1, 0.15) is 45.7 Å². The normalized spacial score (nSPS) is 18.5. The maximum atomic E-state index is 12.4. The molecular formula is C18H21NOS. The third kappa shape index (κ3) is 2.94. The number of aryl methyl sites for hydroxylation is 1. The van der Waals surface area contributed by atoms with Gasteiger partial charge in [-0.1, -0.05) is 24.3 Å². The Bertz CT molecular complexity index is 646. The summed E-state index contributed by atoms with van der Waals surface area (Å²) in [4.78, 5) is 16.3. The Labute approximate surface area is 130 Å². The van der Waals surface area contributed by atoms with Crippen LogP contribution in [0.15, 0.2) is 35.7 Å². The van der Waals surface area contributed by atoms with E-state index in [0.717, 1.165) is 30.6 Å². The number of carbonyl (C=O) groups is 1. The van der Waals surface area contributed by atoms with Gasteiger partial charge >= 0.3 is 0 Å². The maximum absolute atomic E-state index is 12.4. The largest absolute Gasteiger partial charge is 0.296 e. The summed E-state index contributed by atoms with van der Waals surface area (Å²) >= 11 is 1.86. The van der Waals surface area contributed by atoms with Crippen molar-refractivity contribution >= 4 is 17.1 Å². The van der Waals surface area contributed by atoms with Gasteiger partial charge in [0.05, 0.1) is 0 Å². The number of rotatable bonds is 4. The van der Waals surface area contributed by atoms with Crippen LogP contribution in [0.4, 0.5) is 0 Å². The van der Waals surface area contributed by atoms with Gasteiger partial charge in [0.1, 0.15) is 0 Å². The number of hydrogen-bond acceptors (Lipinski definition) is 3. The van der Waals surface area contributed by atoms with Crippen LogP contribution in [0, 0.1) is 6.92 Å². The average Bonchev–Trinajstić information content (AvgIpc) is 2.96. The van der Waals surface area contributed by atoms with E-state index in [1.165, 1.54) is 10.4 Å². The number of ketones is 1. The molecule has 0 aliphatic carbocycles. The number of benzene rings is 1. The van der Waals surface area contributed by atoms with Gasteiger partial charge in [0.15, 0.2) is 5.78 Å². The monoisotopic (exact) mass is 299 g/mol. The molecule has 1 aromatic carbocycles. The molecule has 2 heterocycles. The molecule has 0 saturated heterocycles. The van der Waals surface area contributed by atoms with E-state index >= 15 is 0 Å². The Hall–Kier alpha value is -1.45. The van der Waals surface area contributed by atoms with Crippen LogP contribution in [-0.4, -0.2) is 23.8 Å². The highest BCUT2D eigenvalue weighted by Crippen LogP contribution is 2.32. The molecular weight excluding hydrogens is 278 g/mol. The highest BCUT2D eigenvalue weighted by Gasteiger charge is 2.24. The Morgan fingerprint density at radius 1 is 1.33 bits per heavy atom. The van der Waals surface area contributed by atoms with Gasteiger partial charge in [-0.05, 0) is 42.8 Å². The number of nitrogens with zero attached hydrogens (tertiary/aromatic N) is 1. The third-order valence-corrected chi connectivity index (χ3v) is 5.47. The fourth-order valence-electron chi connectivity index (χ4n) is 3.13. The van der Waals surface area contributed by atoms with E-state index in [9.17, 15) is 4.79 Å². The molecule has 3 heteroatoms. The predicted octanol–water partition coefficient (Wildman–Crippen LogP) is 4.25. The lowest BCUT2D eigenvalue weighted by Crippen LogP contribution is -2.34. The van der Waals surface area contributed by atoms with E-state index in [0.29, 0.717) is 12.5 Å². The van der Waals surface area contributed by atoms with Gasteiger partial charge in [-0.25, -0.2) is 0 Å². The van der Waals surface area contributed by atoms with Crippen LogP contribution >= 0.6 is 11.3 Å². The van der Waals surface area contributed by atoms with Gasteiger partial charge in [0.25, 0.3) is 0 Å². The topological polar surface area (TPSA) is 20.3 Å². The van der Waals surface area contributed by atoms with E-state index in [1.54, 1.807) is 0 Å². The van der Waals surface area contributed by atoms with Gasteiger partial charge in [-0.3, -0.25) is 9.69 Å². The van der Waals surface area contributed by atoms with Crippen LogP contribution in [0.5, 0.6) is 0 Å². The van der Waals surface area contributed by atoms with Crippen LogP contribution in [0.2, 0.25) is 0 Å². The molecule has 1 atom stereocenters. The SMILES string of the molecule is Cc1ccccc1C(=O)CCN1CCc2sccc2C1C. The predicted molar refractivity (Wildman–Crippen MR) is 88.1 cm³/mol. The maximum Gasteiger partial charge on any atom is 0.164 e. The third-order valence-electron chi connectivity index (χ3n) is 4.48. The van der Waals surface area contributed by atoms with Crippen molar-refractivity contribution in [2.45, 2.75) is 32.7 Å². The molecule has 1 aromatic heterocycles. The molecule has 0 N–H and O–H groups in total. The number of Topliss-reactive ketones (excluding diaryl/α,β-unsaturated/α-hetero) is 1. The summed E-state index contributed by atoms with van der Waals surface area (Å²) in [5.41, 5.74) is 3.40. The second-order valence-corrected chi connectivity index (χ2v) is 6.75. The minimum absolute atomic E-state index is 0.261. The van der Waals surface area contributed by atoms with Crippen LogP contribution < -0.4 is 0 Å². The first-order valence-corrected chi connectivity index (χ1v) is 8.44. The molecule has 0 saturated carbocycles. The number of fused-ring (bicyclic) bond motifs is 1.